The van der Waals surface area contributed by atoms with Crippen LogP contribution < -0.4 is 4.90 Å². The van der Waals surface area contributed by atoms with Crippen LogP contribution in [0, 0.1) is 0 Å². The summed E-state index contributed by atoms with van der Waals surface area (Å²) in [6.07, 6.45) is 0. The normalized spacial score (nSPS) is 11.7. The number of oxazole rings is 1. The van der Waals surface area contributed by atoms with Crippen molar-refractivity contribution in [3.8, 4) is 28.3 Å². The van der Waals surface area contributed by atoms with Crippen molar-refractivity contribution in [2.24, 2.45) is 0 Å². The molecule has 0 fully saturated rings. The number of rotatable bonds is 6. The maximum Gasteiger partial charge on any atom is 0.227 e. The predicted molar refractivity (Wildman–Crippen MR) is 246 cm³/mol. The van der Waals surface area contributed by atoms with Crippen LogP contribution in [0.1, 0.15) is 0 Å². The van der Waals surface area contributed by atoms with Crippen molar-refractivity contribution in [1.82, 2.24) is 9.55 Å². The second-order valence-corrected chi connectivity index (χ2v) is 15.1. The highest BCUT2D eigenvalue weighted by Gasteiger charge is 2.23. The molecule has 0 radical (unpaired) electrons. The first-order valence-electron chi connectivity index (χ1n) is 20.0. The summed E-state index contributed by atoms with van der Waals surface area (Å²) in [4.78, 5) is 7.40. The minimum atomic E-state index is 0.623. The average molecular weight is 754 g/mol. The number of fused-ring (bicyclic) bond motifs is 10. The standard InChI is InChI=1S/C55H35N3O/c1-4-16-37(17-5-1)55-56-48-33-29-36-28-31-46-47(34-38-18-10-11-23-42(38)53(46)52(36)54(48)59-55)44-25-13-14-26-49(44)57(39-19-6-2-7-20-39)41-30-32-45-43-24-12-15-27-50(43)58(51(45)35-41)40-21-8-3-9-22-40/h1-35H. The van der Waals surface area contributed by atoms with E-state index in [-0.39, 0.29) is 0 Å². The number of anilines is 3. The molecule has 10 aromatic carbocycles. The quantitative estimate of drug-likeness (QED) is 0.159. The molecule has 2 heterocycles. The first kappa shape index (κ1) is 33.2. The van der Waals surface area contributed by atoms with E-state index in [1.807, 2.05) is 30.3 Å². The summed E-state index contributed by atoms with van der Waals surface area (Å²) < 4.78 is 9.11. The van der Waals surface area contributed by atoms with Crippen molar-refractivity contribution >= 4 is 82.3 Å². The van der Waals surface area contributed by atoms with Gasteiger partial charge in [0.2, 0.25) is 5.89 Å². The molecule has 4 nitrogen and oxygen atoms in total. The maximum absolute atomic E-state index is 6.72. The van der Waals surface area contributed by atoms with Gasteiger partial charge in [-0.05, 0) is 99.9 Å². The van der Waals surface area contributed by atoms with Crippen molar-refractivity contribution < 1.29 is 4.42 Å². The summed E-state index contributed by atoms with van der Waals surface area (Å²) in [5, 5.41) is 9.30. The number of aromatic nitrogens is 2. The summed E-state index contributed by atoms with van der Waals surface area (Å²) in [6, 6.07) is 75.8. The van der Waals surface area contributed by atoms with E-state index in [4.69, 9.17) is 9.40 Å². The molecule has 0 aliphatic carbocycles. The molecular weight excluding hydrogens is 719 g/mol. The Bertz CT molecular complexity index is 3550. The Morgan fingerprint density at radius 3 is 1.93 bits per heavy atom. The summed E-state index contributed by atoms with van der Waals surface area (Å²) in [5.74, 6) is 0.623. The molecule has 59 heavy (non-hydrogen) atoms. The molecule has 2 aromatic heterocycles. The van der Waals surface area contributed by atoms with E-state index in [2.05, 4.69) is 191 Å². The average Bonchev–Trinajstić information content (AvgIpc) is 3.90. The van der Waals surface area contributed by atoms with Gasteiger partial charge in [0.05, 0.1) is 16.7 Å². The van der Waals surface area contributed by atoms with E-state index >= 15 is 0 Å². The van der Waals surface area contributed by atoms with Crippen molar-refractivity contribution in [2.45, 2.75) is 0 Å². The van der Waals surface area contributed by atoms with Gasteiger partial charge in [-0.15, -0.1) is 0 Å². The SMILES string of the molecule is c1ccc(-c2nc3ccc4ccc5c(-c6ccccc6N(c6ccccc6)c6ccc7c8ccccc8n(-c8ccccc8)c7c6)cc6ccccc6c5c4c3o2)cc1. The van der Waals surface area contributed by atoms with Gasteiger partial charge in [-0.1, -0.05) is 140 Å². The third-order valence-electron chi connectivity index (χ3n) is 11.8. The van der Waals surface area contributed by atoms with Crippen LogP contribution in [0.5, 0.6) is 0 Å². The molecular formula is C55H35N3O. The van der Waals surface area contributed by atoms with Gasteiger partial charge >= 0.3 is 0 Å². The fourth-order valence-electron chi connectivity index (χ4n) is 9.16. The van der Waals surface area contributed by atoms with Crippen LogP contribution in [-0.2, 0) is 0 Å². The fourth-order valence-corrected chi connectivity index (χ4v) is 9.16. The number of nitrogens with zero attached hydrogens (tertiary/aromatic N) is 3. The molecule has 0 aliphatic rings. The minimum absolute atomic E-state index is 0.623. The number of para-hydroxylation sites is 4. The van der Waals surface area contributed by atoms with Crippen LogP contribution in [-0.4, -0.2) is 9.55 Å². The molecule has 0 saturated heterocycles. The Balaban J connectivity index is 1.13. The van der Waals surface area contributed by atoms with E-state index in [0.29, 0.717) is 5.89 Å². The zero-order chi connectivity index (χ0) is 38.9. The first-order valence-corrected chi connectivity index (χ1v) is 20.0. The molecule has 0 saturated carbocycles. The molecule has 0 atom stereocenters. The molecule has 0 aliphatic heterocycles. The molecule has 276 valence electrons. The van der Waals surface area contributed by atoms with Gasteiger partial charge in [0, 0.05) is 49.7 Å². The van der Waals surface area contributed by atoms with Crippen LogP contribution in [0.3, 0.4) is 0 Å². The van der Waals surface area contributed by atoms with E-state index < -0.39 is 0 Å². The molecule has 12 aromatic rings. The third kappa shape index (κ3) is 5.27. The Morgan fingerprint density at radius 2 is 1.08 bits per heavy atom. The smallest absolute Gasteiger partial charge is 0.227 e. The number of benzene rings is 10. The highest BCUT2D eigenvalue weighted by Crippen LogP contribution is 2.47. The van der Waals surface area contributed by atoms with E-state index in [1.165, 1.54) is 21.7 Å². The summed E-state index contributed by atoms with van der Waals surface area (Å²) in [5.41, 5.74) is 11.6. The van der Waals surface area contributed by atoms with Crippen LogP contribution in [0.2, 0.25) is 0 Å². The van der Waals surface area contributed by atoms with Crippen molar-refractivity contribution in [2.75, 3.05) is 4.90 Å². The van der Waals surface area contributed by atoms with Crippen molar-refractivity contribution in [3.63, 3.8) is 0 Å². The fraction of sp³-hybridized carbons (Fsp3) is 0. The summed E-state index contributed by atoms with van der Waals surface area (Å²) in [6.45, 7) is 0. The van der Waals surface area contributed by atoms with Gasteiger partial charge in [-0.3, -0.25) is 0 Å². The predicted octanol–water partition coefficient (Wildman–Crippen LogP) is 15.2. The van der Waals surface area contributed by atoms with Gasteiger partial charge in [0.25, 0.3) is 0 Å². The minimum Gasteiger partial charge on any atom is -0.435 e. The molecule has 0 bridgehead atoms. The largest absolute Gasteiger partial charge is 0.435 e. The van der Waals surface area contributed by atoms with E-state index in [1.54, 1.807) is 0 Å². The Labute approximate surface area is 340 Å². The van der Waals surface area contributed by atoms with Crippen LogP contribution in [0.4, 0.5) is 17.1 Å². The molecule has 12 rings (SSSR count). The van der Waals surface area contributed by atoms with Gasteiger partial charge in [-0.2, -0.15) is 0 Å². The van der Waals surface area contributed by atoms with Crippen molar-refractivity contribution in [1.29, 1.82) is 0 Å². The number of hydrogen-bond donors (Lipinski definition) is 0. The lowest BCUT2D eigenvalue weighted by Gasteiger charge is -2.28. The lowest BCUT2D eigenvalue weighted by atomic mass is 9.89. The first-order chi connectivity index (χ1) is 29.3. The third-order valence-corrected chi connectivity index (χ3v) is 11.8. The number of hydrogen-bond acceptors (Lipinski definition) is 3. The Kier molecular flexibility index (Phi) is 7.50. The van der Waals surface area contributed by atoms with Crippen LogP contribution in [0.15, 0.2) is 217 Å². The highest BCUT2D eigenvalue weighted by atomic mass is 16.3. The highest BCUT2D eigenvalue weighted by molar-refractivity contribution is 6.29. The van der Waals surface area contributed by atoms with Gasteiger partial charge in [0.1, 0.15) is 5.52 Å². The molecule has 0 amide bonds. The topological polar surface area (TPSA) is 34.2 Å². The lowest BCUT2D eigenvalue weighted by molar-refractivity contribution is 0.623. The molecule has 0 unspecified atom stereocenters. The van der Waals surface area contributed by atoms with E-state index in [9.17, 15) is 0 Å². The van der Waals surface area contributed by atoms with Gasteiger partial charge in [0.15, 0.2) is 5.58 Å². The maximum atomic E-state index is 6.72. The zero-order valence-corrected chi connectivity index (χ0v) is 32.0. The summed E-state index contributed by atoms with van der Waals surface area (Å²) >= 11 is 0. The second-order valence-electron chi connectivity index (χ2n) is 15.1. The molecule has 0 N–H and O–H groups in total. The van der Waals surface area contributed by atoms with Gasteiger partial charge in [-0.25, -0.2) is 4.98 Å². The molecule has 4 heteroatoms. The van der Waals surface area contributed by atoms with Crippen LogP contribution in [0.25, 0.3) is 93.5 Å². The summed E-state index contributed by atoms with van der Waals surface area (Å²) in [7, 11) is 0. The molecule has 0 spiro atoms. The van der Waals surface area contributed by atoms with E-state index in [0.717, 1.165) is 83.0 Å². The monoisotopic (exact) mass is 753 g/mol. The Hall–Kier alpha value is -7.95. The zero-order valence-electron chi connectivity index (χ0n) is 32.0. The van der Waals surface area contributed by atoms with Gasteiger partial charge < -0.3 is 13.9 Å². The van der Waals surface area contributed by atoms with Crippen molar-refractivity contribution in [3.05, 3.63) is 212 Å². The second kappa shape index (κ2) is 13.3. The van der Waals surface area contributed by atoms with Crippen LogP contribution >= 0.6 is 0 Å². The Morgan fingerprint density at radius 1 is 0.424 bits per heavy atom. The lowest BCUT2D eigenvalue weighted by Crippen LogP contribution is -2.11.